The minimum atomic E-state index is -0.637. The Morgan fingerprint density at radius 1 is 1.46 bits per heavy atom. The maximum absolute atomic E-state index is 10.7. The van der Waals surface area contributed by atoms with Crippen LogP contribution in [0.1, 0.15) is 32.6 Å². The molecule has 0 aromatic carbocycles. The summed E-state index contributed by atoms with van der Waals surface area (Å²) in [6, 6.07) is 0. The van der Waals surface area contributed by atoms with Crippen LogP contribution in [0.4, 0.5) is 0 Å². The number of hydrogen-bond acceptors (Lipinski definition) is 2. The SMILES string of the molecule is CCC(CCN1CCCC1)C(=O)O. The Hall–Kier alpha value is -0.570. The molecule has 0 amide bonds. The van der Waals surface area contributed by atoms with Crippen molar-refractivity contribution >= 4 is 5.97 Å². The van der Waals surface area contributed by atoms with Crippen LogP contribution in [0.5, 0.6) is 0 Å². The van der Waals surface area contributed by atoms with Gasteiger partial charge in [-0.15, -0.1) is 0 Å². The van der Waals surface area contributed by atoms with E-state index in [4.69, 9.17) is 5.11 Å². The average Bonchev–Trinajstić information content (AvgIpc) is 2.57. The molecule has 0 radical (unpaired) electrons. The van der Waals surface area contributed by atoms with Gasteiger partial charge >= 0.3 is 5.97 Å². The molecule has 0 bridgehead atoms. The highest BCUT2D eigenvalue weighted by Gasteiger charge is 2.17. The number of hydrogen-bond donors (Lipinski definition) is 1. The van der Waals surface area contributed by atoms with Crippen LogP contribution in [0.2, 0.25) is 0 Å². The molecule has 13 heavy (non-hydrogen) atoms. The minimum absolute atomic E-state index is 0.138. The van der Waals surface area contributed by atoms with Gasteiger partial charge in [-0.05, 0) is 45.3 Å². The summed E-state index contributed by atoms with van der Waals surface area (Å²) in [6.07, 6.45) is 4.13. The lowest BCUT2D eigenvalue weighted by atomic mass is 10.0. The second kappa shape index (κ2) is 5.22. The smallest absolute Gasteiger partial charge is 0.306 e. The predicted octanol–water partition coefficient (Wildman–Crippen LogP) is 1.58. The van der Waals surface area contributed by atoms with Crippen molar-refractivity contribution in [3.05, 3.63) is 0 Å². The minimum Gasteiger partial charge on any atom is -0.481 e. The quantitative estimate of drug-likeness (QED) is 0.707. The van der Waals surface area contributed by atoms with Crippen molar-refractivity contribution in [1.82, 2.24) is 4.90 Å². The first kappa shape index (κ1) is 10.5. The first-order valence-corrected chi connectivity index (χ1v) is 5.19. The average molecular weight is 185 g/mol. The molecule has 1 atom stereocenters. The van der Waals surface area contributed by atoms with Crippen LogP contribution < -0.4 is 0 Å². The van der Waals surface area contributed by atoms with Gasteiger partial charge in [-0.25, -0.2) is 0 Å². The topological polar surface area (TPSA) is 40.5 Å². The Morgan fingerprint density at radius 3 is 2.54 bits per heavy atom. The first-order valence-electron chi connectivity index (χ1n) is 5.19. The van der Waals surface area contributed by atoms with Crippen LogP contribution in [0, 0.1) is 5.92 Å². The van der Waals surface area contributed by atoms with E-state index in [2.05, 4.69) is 4.90 Å². The molecule has 1 aliphatic rings. The van der Waals surface area contributed by atoms with Crippen LogP contribution in [0.15, 0.2) is 0 Å². The Kier molecular flexibility index (Phi) is 4.22. The van der Waals surface area contributed by atoms with E-state index in [1.54, 1.807) is 0 Å². The molecule has 1 fully saturated rings. The zero-order chi connectivity index (χ0) is 9.68. The zero-order valence-electron chi connectivity index (χ0n) is 8.33. The molecule has 76 valence electrons. The Morgan fingerprint density at radius 2 is 2.08 bits per heavy atom. The van der Waals surface area contributed by atoms with E-state index in [9.17, 15) is 4.79 Å². The van der Waals surface area contributed by atoms with Crippen molar-refractivity contribution < 1.29 is 9.90 Å². The molecule has 0 aromatic heterocycles. The van der Waals surface area contributed by atoms with E-state index >= 15 is 0 Å². The molecule has 0 aliphatic carbocycles. The third-order valence-electron chi connectivity index (χ3n) is 2.83. The first-order chi connectivity index (χ1) is 6.24. The number of nitrogens with zero attached hydrogens (tertiary/aromatic N) is 1. The van der Waals surface area contributed by atoms with Crippen molar-refractivity contribution in [1.29, 1.82) is 0 Å². The fourth-order valence-electron chi connectivity index (χ4n) is 1.85. The monoisotopic (exact) mass is 185 g/mol. The van der Waals surface area contributed by atoms with Gasteiger partial charge in [0.15, 0.2) is 0 Å². The van der Waals surface area contributed by atoms with Gasteiger partial charge in [-0.1, -0.05) is 6.92 Å². The summed E-state index contributed by atoms with van der Waals surface area (Å²) < 4.78 is 0. The van der Waals surface area contributed by atoms with Gasteiger partial charge in [0.2, 0.25) is 0 Å². The van der Waals surface area contributed by atoms with E-state index in [-0.39, 0.29) is 5.92 Å². The van der Waals surface area contributed by atoms with Crippen molar-refractivity contribution in [3.8, 4) is 0 Å². The molecular formula is C10H19NO2. The number of carboxylic acids is 1. The van der Waals surface area contributed by atoms with Gasteiger partial charge < -0.3 is 10.0 Å². The number of rotatable bonds is 5. The van der Waals surface area contributed by atoms with Crippen molar-refractivity contribution in [2.45, 2.75) is 32.6 Å². The summed E-state index contributed by atoms with van der Waals surface area (Å²) in [6.45, 7) is 5.24. The van der Waals surface area contributed by atoms with E-state index < -0.39 is 5.97 Å². The summed E-state index contributed by atoms with van der Waals surface area (Å²) in [5.41, 5.74) is 0. The van der Waals surface area contributed by atoms with Crippen molar-refractivity contribution in [2.24, 2.45) is 5.92 Å². The van der Waals surface area contributed by atoms with Gasteiger partial charge in [0.1, 0.15) is 0 Å². The molecule has 1 heterocycles. The van der Waals surface area contributed by atoms with Gasteiger partial charge in [-0.2, -0.15) is 0 Å². The fourth-order valence-corrected chi connectivity index (χ4v) is 1.85. The van der Waals surface area contributed by atoms with Gasteiger partial charge in [0.05, 0.1) is 5.92 Å². The Bertz CT molecular complexity index is 164. The van der Waals surface area contributed by atoms with Gasteiger partial charge in [0, 0.05) is 0 Å². The molecular weight excluding hydrogens is 166 g/mol. The van der Waals surface area contributed by atoms with Crippen LogP contribution in [0.25, 0.3) is 0 Å². The summed E-state index contributed by atoms with van der Waals surface area (Å²) >= 11 is 0. The lowest BCUT2D eigenvalue weighted by molar-refractivity contribution is -0.142. The third kappa shape index (κ3) is 3.35. The fraction of sp³-hybridized carbons (Fsp3) is 0.900. The highest BCUT2D eigenvalue weighted by Crippen LogP contribution is 2.13. The van der Waals surface area contributed by atoms with Crippen LogP contribution in [-0.2, 0) is 4.79 Å². The van der Waals surface area contributed by atoms with E-state index in [1.165, 1.54) is 12.8 Å². The second-order valence-corrected chi connectivity index (χ2v) is 3.78. The highest BCUT2D eigenvalue weighted by atomic mass is 16.4. The Balaban J connectivity index is 2.18. The summed E-state index contributed by atoms with van der Waals surface area (Å²) in [5, 5.41) is 8.83. The molecule has 0 spiro atoms. The molecule has 1 aliphatic heterocycles. The molecule has 1 N–H and O–H groups in total. The maximum Gasteiger partial charge on any atom is 0.306 e. The molecule has 1 unspecified atom stereocenters. The molecule has 0 saturated carbocycles. The van der Waals surface area contributed by atoms with E-state index in [0.717, 1.165) is 32.5 Å². The molecule has 0 aromatic rings. The second-order valence-electron chi connectivity index (χ2n) is 3.78. The maximum atomic E-state index is 10.7. The summed E-state index contributed by atoms with van der Waals surface area (Å²) in [5.74, 6) is -0.776. The van der Waals surface area contributed by atoms with Gasteiger partial charge in [0.25, 0.3) is 0 Å². The summed E-state index contributed by atoms with van der Waals surface area (Å²) in [7, 11) is 0. The van der Waals surface area contributed by atoms with E-state index in [0.29, 0.717) is 0 Å². The largest absolute Gasteiger partial charge is 0.481 e. The van der Waals surface area contributed by atoms with Crippen LogP contribution in [-0.4, -0.2) is 35.6 Å². The standard InChI is InChI=1S/C10H19NO2/c1-2-9(10(12)13)5-8-11-6-3-4-7-11/h9H,2-8H2,1H3,(H,12,13). The number of carbonyl (C=O) groups is 1. The van der Waals surface area contributed by atoms with Crippen molar-refractivity contribution in [3.63, 3.8) is 0 Å². The molecule has 1 rings (SSSR count). The van der Waals surface area contributed by atoms with Crippen LogP contribution in [0.3, 0.4) is 0 Å². The zero-order valence-corrected chi connectivity index (χ0v) is 8.33. The predicted molar refractivity (Wildman–Crippen MR) is 51.7 cm³/mol. The third-order valence-corrected chi connectivity index (χ3v) is 2.83. The Labute approximate surface area is 79.7 Å². The molecule has 1 saturated heterocycles. The lowest BCUT2D eigenvalue weighted by Gasteiger charge is -2.16. The van der Waals surface area contributed by atoms with Crippen molar-refractivity contribution in [2.75, 3.05) is 19.6 Å². The van der Waals surface area contributed by atoms with E-state index in [1.807, 2.05) is 6.92 Å². The van der Waals surface area contributed by atoms with Gasteiger partial charge in [-0.3, -0.25) is 4.79 Å². The summed E-state index contributed by atoms with van der Waals surface area (Å²) in [4.78, 5) is 13.1. The number of likely N-dealkylation sites (tertiary alicyclic amines) is 1. The number of carboxylic acid groups (broad SMARTS) is 1. The number of aliphatic carboxylic acids is 1. The highest BCUT2D eigenvalue weighted by molar-refractivity contribution is 5.69. The van der Waals surface area contributed by atoms with Crippen LogP contribution >= 0.6 is 0 Å². The normalized spacial score (nSPS) is 20.4. The lowest BCUT2D eigenvalue weighted by Crippen LogP contribution is -2.25. The molecule has 3 heteroatoms. The molecule has 3 nitrogen and oxygen atoms in total.